The lowest BCUT2D eigenvalue weighted by Gasteiger charge is -2.12. The number of ketones is 1. The van der Waals surface area contributed by atoms with E-state index >= 15 is 0 Å². The van der Waals surface area contributed by atoms with Crippen molar-refractivity contribution in [1.29, 1.82) is 0 Å². The average Bonchev–Trinajstić information content (AvgIpc) is 2.57. The molecule has 0 bridgehead atoms. The molecule has 0 aliphatic heterocycles. The van der Waals surface area contributed by atoms with E-state index in [9.17, 15) is 14.7 Å². The number of aliphatic carboxylic acids is 1. The van der Waals surface area contributed by atoms with Crippen molar-refractivity contribution in [2.45, 2.75) is 24.7 Å². The first-order valence-electron chi connectivity index (χ1n) is 7.63. The van der Waals surface area contributed by atoms with Crippen molar-refractivity contribution in [3.8, 4) is 0 Å². The van der Waals surface area contributed by atoms with Crippen LogP contribution in [0.1, 0.15) is 29.3 Å². The maximum atomic E-state index is 12.2. The zero-order valence-corrected chi connectivity index (χ0v) is 13.9. The Morgan fingerprint density at radius 3 is 2.26 bits per heavy atom. The number of hydrogen-bond acceptors (Lipinski definition) is 3. The molecule has 0 aromatic heterocycles. The van der Waals surface area contributed by atoms with Crippen LogP contribution in [-0.2, 0) is 11.2 Å². The first-order valence-corrected chi connectivity index (χ1v) is 8.61. The van der Waals surface area contributed by atoms with Crippen LogP contribution in [0.5, 0.6) is 0 Å². The fourth-order valence-electron chi connectivity index (χ4n) is 2.39. The Kier molecular flexibility index (Phi) is 6.41. The fourth-order valence-corrected chi connectivity index (χ4v) is 3.05. The van der Waals surface area contributed by atoms with Gasteiger partial charge in [-0.3, -0.25) is 9.59 Å². The van der Waals surface area contributed by atoms with Crippen molar-refractivity contribution in [2.75, 3.05) is 5.75 Å². The molecule has 0 heterocycles. The van der Waals surface area contributed by atoms with Gasteiger partial charge in [-0.15, -0.1) is 11.8 Å². The number of carbonyl (C=O) groups excluding carboxylic acids is 1. The lowest BCUT2D eigenvalue weighted by molar-refractivity contribution is -0.141. The van der Waals surface area contributed by atoms with Gasteiger partial charge in [0, 0.05) is 16.9 Å². The predicted octanol–water partition coefficient (Wildman–Crippen LogP) is 4.31. The van der Waals surface area contributed by atoms with E-state index in [0.29, 0.717) is 12.0 Å². The normalized spacial score (nSPS) is 11.9. The smallest absolute Gasteiger partial charge is 0.307 e. The summed E-state index contributed by atoms with van der Waals surface area (Å²) in [5.74, 6) is -0.757. The first kappa shape index (κ1) is 17.3. The van der Waals surface area contributed by atoms with Crippen LogP contribution in [0, 0.1) is 5.92 Å². The monoisotopic (exact) mass is 328 g/mol. The molecule has 0 radical (unpaired) electrons. The van der Waals surface area contributed by atoms with E-state index in [1.54, 1.807) is 36.0 Å². The molecule has 2 aromatic rings. The van der Waals surface area contributed by atoms with E-state index in [-0.39, 0.29) is 12.2 Å². The van der Waals surface area contributed by atoms with E-state index in [2.05, 4.69) is 6.92 Å². The van der Waals surface area contributed by atoms with Crippen LogP contribution in [0.4, 0.5) is 0 Å². The van der Waals surface area contributed by atoms with Gasteiger partial charge in [-0.05, 0) is 29.9 Å². The van der Waals surface area contributed by atoms with Crippen LogP contribution in [0.15, 0.2) is 59.5 Å². The molecule has 120 valence electrons. The molecule has 0 aliphatic rings. The molecule has 0 aliphatic carbocycles. The van der Waals surface area contributed by atoms with Gasteiger partial charge in [0.25, 0.3) is 0 Å². The van der Waals surface area contributed by atoms with E-state index in [4.69, 9.17) is 0 Å². The molecular formula is C19H20O3S. The number of benzene rings is 2. The summed E-state index contributed by atoms with van der Waals surface area (Å²) in [7, 11) is 0. The van der Waals surface area contributed by atoms with Crippen molar-refractivity contribution >= 4 is 23.5 Å². The van der Waals surface area contributed by atoms with Crippen LogP contribution < -0.4 is 0 Å². The fraction of sp³-hybridized carbons (Fsp3) is 0.263. The highest BCUT2D eigenvalue weighted by molar-refractivity contribution is 7.99. The molecule has 1 N–H and O–H groups in total. The minimum atomic E-state index is -0.929. The summed E-state index contributed by atoms with van der Waals surface area (Å²) in [6.07, 6.45) is 0.385. The molecule has 2 rings (SSSR count). The van der Waals surface area contributed by atoms with E-state index in [1.807, 2.05) is 30.3 Å². The highest BCUT2D eigenvalue weighted by Crippen LogP contribution is 2.21. The zero-order chi connectivity index (χ0) is 16.7. The van der Waals surface area contributed by atoms with Gasteiger partial charge in [0.2, 0.25) is 0 Å². The first-order chi connectivity index (χ1) is 11.1. The Bertz CT molecular complexity index is 650. The quantitative estimate of drug-likeness (QED) is 0.579. The van der Waals surface area contributed by atoms with Crippen LogP contribution in [-0.4, -0.2) is 22.6 Å². The Morgan fingerprint density at radius 2 is 1.70 bits per heavy atom. The third kappa shape index (κ3) is 5.25. The summed E-state index contributed by atoms with van der Waals surface area (Å²) in [5, 5.41) is 9.41. The largest absolute Gasteiger partial charge is 0.481 e. The Labute approximate surface area is 140 Å². The highest BCUT2D eigenvalue weighted by atomic mass is 32.2. The number of carboxylic acid groups (broad SMARTS) is 1. The Morgan fingerprint density at radius 1 is 1.04 bits per heavy atom. The molecular weight excluding hydrogens is 308 g/mol. The molecule has 0 saturated heterocycles. The molecule has 0 saturated carbocycles. The summed E-state index contributed by atoms with van der Waals surface area (Å²) >= 11 is 1.75. The second kappa shape index (κ2) is 8.53. The van der Waals surface area contributed by atoms with Crippen LogP contribution >= 0.6 is 11.8 Å². The van der Waals surface area contributed by atoms with Gasteiger partial charge in [-0.2, -0.15) is 0 Å². The second-order valence-electron chi connectivity index (χ2n) is 5.31. The number of carbonyl (C=O) groups is 2. The van der Waals surface area contributed by atoms with Crippen LogP contribution in [0.25, 0.3) is 0 Å². The molecule has 1 unspecified atom stereocenters. The van der Waals surface area contributed by atoms with E-state index in [1.165, 1.54) is 4.90 Å². The minimum Gasteiger partial charge on any atom is -0.481 e. The zero-order valence-electron chi connectivity index (χ0n) is 13.1. The number of thioether (sulfide) groups is 1. The van der Waals surface area contributed by atoms with Crippen molar-refractivity contribution in [1.82, 2.24) is 0 Å². The molecule has 2 aromatic carbocycles. The topological polar surface area (TPSA) is 54.4 Å². The Hall–Kier alpha value is -2.07. The Balaban J connectivity index is 2.04. The van der Waals surface area contributed by atoms with E-state index in [0.717, 1.165) is 11.3 Å². The van der Waals surface area contributed by atoms with Gasteiger partial charge in [-0.25, -0.2) is 0 Å². The average molecular weight is 328 g/mol. The maximum Gasteiger partial charge on any atom is 0.307 e. The molecule has 0 spiro atoms. The second-order valence-corrected chi connectivity index (χ2v) is 6.65. The third-order valence-corrected chi connectivity index (χ3v) is 4.49. The molecule has 0 amide bonds. The SMILES string of the molecule is CCSc1ccc(CC(CC(=O)c2ccccc2)C(=O)O)cc1. The molecule has 4 heteroatoms. The van der Waals surface area contributed by atoms with E-state index < -0.39 is 11.9 Å². The minimum absolute atomic E-state index is 0.0187. The van der Waals surface area contributed by atoms with Gasteiger partial charge in [0.15, 0.2) is 5.78 Å². The molecule has 23 heavy (non-hydrogen) atoms. The van der Waals surface area contributed by atoms with Gasteiger partial charge in [-0.1, -0.05) is 49.4 Å². The van der Waals surface area contributed by atoms with Crippen molar-refractivity contribution in [3.05, 3.63) is 65.7 Å². The van der Waals surface area contributed by atoms with Crippen molar-refractivity contribution < 1.29 is 14.7 Å². The molecule has 0 fully saturated rings. The molecule has 3 nitrogen and oxygen atoms in total. The molecule has 1 atom stereocenters. The highest BCUT2D eigenvalue weighted by Gasteiger charge is 2.22. The summed E-state index contributed by atoms with van der Waals surface area (Å²) in [4.78, 5) is 24.9. The number of rotatable bonds is 8. The number of Topliss-reactive ketones (excluding diaryl/α,β-unsaturated/α-hetero) is 1. The van der Waals surface area contributed by atoms with Crippen LogP contribution in [0.3, 0.4) is 0 Å². The number of hydrogen-bond donors (Lipinski definition) is 1. The predicted molar refractivity (Wildman–Crippen MR) is 93.1 cm³/mol. The van der Waals surface area contributed by atoms with Crippen molar-refractivity contribution in [2.24, 2.45) is 5.92 Å². The summed E-state index contributed by atoms with van der Waals surface area (Å²) in [5.41, 5.74) is 1.51. The van der Waals surface area contributed by atoms with Gasteiger partial charge < -0.3 is 5.11 Å². The third-order valence-electron chi connectivity index (χ3n) is 3.59. The lowest BCUT2D eigenvalue weighted by Crippen LogP contribution is -2.20. The maximum absolute atomic E-state index is 12.2. The standard InChI is InChI=1S/C19H20O3S/c1-2-23-17-10-8-14(9-11-17)12-16(19(21)22)13-18(20)15-6-4-3-5-7-15/h3-11,16H,2,12-13H2,1H3,(H,21,22). The van der Waals surface area contributed by atoms with Gasteiger partial charge in [0.1, 0.15) is 0 Å². The lowest BCUT2D eigenvalue weighted by atomic mass is 9.92. The van der Waals surface area contributed by atoms with Crippen LogP contribution in [0.2, 0.25) is 0 Å². The van der Waals surface area contributed by atoms with Gasteiger partial charge >= 0.3 is 5.97 Å². The van der Waals surface area contributed by atoms with Gasteiger partial charge in [0.05, 0.1) is 5.92 Å². The number of carboxylic acids is 1. The van der Waals surface area contributed by atoms with Crippen molar-refractivity contribution in [3.63, 3.8) is 0 Å². The summed E-state index contributed by atoms with van der Waals surface area (Å²) in [6.45, 7) is 2.09. The summed E-state index contributed by atoms with van der Waals surface area (Å²) < 4.78 is 0. The summed E-state index contributed by atoms with van der Waals surface area (Å²) in [6, 6.07) is 16.7.